The molecule has 1 saturated heterocycles. The summed E-state index contributed by atoms with van der Waals surface area (Å²) >= 11 is 1.45. The van der Waals surface area contributed by atoms with Crippen LogP contribution in [-0.4, -0.2) is 38.8 Å². The third-order valence-corrected chi connectivity index (χ3v) is 10.00. The van der Waals surface area contributed by atoms with Gasteiger partial charge in [-0.1, -0.05) is 54.6 Å². The Labute approximate surface area is 206 Å². The SMILES string of the molecule is CC(C)(C)OC(=O)CC1(c2ccc(-c3ccc(-c4ccccc4)cc3)s2)CCNCCS1(=O)=O. The zero-order chi connectivity index (χ0) is 24.4. The number of nitrogens with one attached hydrogen (secondary N) is 1. The summed E-state index contributed by atoms with van der Waals surface area (Å²) in [5, 5.41) is 3.18. The van der Waals surface area contributed by atoms with Crippen LogP contribution in [0.3, 0.4) is 0 Å². The van der Waals surface area contributed by atoms with E-state index in [2.05, 4.69) is 41.7 Å². The van der Waals surface area contributed by atoms with Gasteiger partial charge in [0.1, 0.15) is 10.3 Å². The maximum Gasteiger partial charge on any atom is 0.308 e. The fraction of sp³-hybridized carbons (Fsp3) is 0.370. The van der Waals surface area contributed by atoms with Crippen molar-refractivity contribution >= 4 is 27.1 Å². The highest BCUT2D eigenvalue weighted by atomic mass is 32.2. The third-order valence-electron chi connectivity index (χ3n) is 6.03. The predicted molar refractivity (Wildman–Crippen MR) is 139 cm³/mol. The largest absolute Gasteiger partial charge is 0.460 e. The maximum absolute atomic E-state index is 13.5. The first-order valence-corrected chi connectivity index (χ1v) is 14.0. The molecule has 3 aromatic rings. The first-order chi connectivity index (χ1) is 16.1. The van der Waals surface area contributed by atoms with Crippen molar-refractivity contribution in [1.29, 1.82) is 0 Å². The van der Waals surface area contributed by atoms with Gasteiger partial charge in [-0.25, -0.2) is 8.42 Å². The van der Waals surface area contributed by atoms with Crippen LogP contribution in [0.15, 0.2) is 66.7 Å². The number of benzene rings is 2. The topological polar surface area (TPSA) is 72.5 Å². The summed E-state index contributed by atoms with van der Waals surface area (Å²) in [5.41, 5.74) is 2.62. The molecule has 1 aliphatic heterocycles. The Morgan fingerprint density at radius 1 is 0.941 bits per heavy atom. The van der Waals surface area contributed by atoms with E-state index in [0.29, 0.717) is 24.4 Å². The number of carbonyl (C=O) groups is 1. The van der Waals surface area contributed by atoms with Crippen molar-refractivity contribution in [2.75, 3.05) is 18.8 Å². The number of hydrogen-bond donors (Lipinski definition) is 1. The van der Waals surface area contributed by atoms with Crippen LogP contribution in [-0.2, 0) is 24.1 Å². The van der Waals surface area contributed by atoms with Gasteiger partial charge in [0.05, 0.1) is 12.2 Å². The first-order valence-electron chi connectivity index (χ1n) is 11.5. The summed E-state index contributed by atoms with van der Waals surface area (Å²) in [6.07, 6.45) is 0.155. The van der Waals surface area contributed by atoms with Gasteiger partial charge in [0, 0.05) is 16.3 Å². The van der Waals surface area contributed by atoms with Crippen LogP contribution in [0.1, 0.15) is 38.5 Å². The molecular formula is C27H31NO4S2. The highest BCUT2D eigenvalue weighted by molar-refractivity contribution is 7.92. The number of rotatable bonds is 5. The van der Waals surface area contributed by atoms with Crippen molar-refractivity contribution in [2.45, 2.75) is 44.0 Å². The van der Waals surface area contributed by atoms with Crippen LogP contribution in [0.25, 0.3) is 21.6 Å². The Balaban J connectivity index is 1.69. The van der Waals surface area contributed by atoms with Gasteiger partial charge in [-0.05, 0) is 62.6 Å². The molecule has 2 aromatic carbocycles. The van der Waals surface area contributed by atoms with Crippen molar-refractivity contribution in [2.24, 2.45) is 0 Å². The second kappa shape index (κ2) is 9.64. The van der Waals surface area contributed by atoms with Gasteiger partial charge in [0.2, 0.25) is 0 Å². The minimum Gasteiger partial charge on any atom is -0.460 e. The molecule has 1 aliphatic rings. The smallest absolute Gasteiger partial charge is 0.308 e. The van der Waals surface area contributed by atoms with Gasteiger partial charge in [0.15, 0.2) is 9.84 Å². The minimum absolute atomic E-state index is 0.00515. The highest BCUT2D eigenvalue weighted by Gasteiger charge is 2.49. The normalized spacial score (nSPS) is 20.4. The minimum atomic E-state index is -3.59. The van der Waals surface area contributed by atoms with E-state index in [1.165, 1.54) is 11.3 Å². The number of thiophene rings is 1. The van der Waals surface area contributed by atoms with Gasteiger partial charge in [-0.15, -0.1) is 11.3 Å². The van der Waals surface area contributed by atoms with Gasteiger partial charge in [-0.3, -0.25) is 4.79 Å². The second-order valence-electron chi connectivity index (χ2n) is 9.68. The van der Waals surface area contributed by atoms with Crippen LogP contribution in [0, 0.1) is 0 Å². The monoisotopic (exact) mass is 497 g/mol. The summed E-state index contributed by atoms with van der Waals surface area (Å²) in [4.78, 5) is 14.5. The molecule has 4 rings (SSSR count). The lowest BCUT2D eigenvalue weighted by atomic mass is 9.97. The standard InChI is InChI=1S/C27H31NO4S2/c1-26(2,3)32-25(29)19-27(15-16-28-17-18-34(27,30)31)24-14-13-23(33-24)22-11-9-21(10-12-22)20-7-5-4-6-8-20/h4-14,28H,15-19H2,1-3H3. The quantitative estimate of drug-likeness (QED) is 0.477. The molecule has 7 heteroatoms. The molecule has 180 valence electrons. The van der Waals surface area contributed by atoms with Crippen LogP contribution >= 0.6 is 11.3 Å². The van der Waals surface area contributed by atoms with E-state index in [0.717, 1.165) is 21.6 Å². The average Bonchev–Trinajstić information content (AvgIpc) is 3.22. The summed E-state index contributed by atoms with van der Waals surface area (Å²) in [7, 11) is -3.59. The fourth-order valence-electron chi connectivity index (χ4n) is 4.34. The number of carbonyl (C=O) groups excluding carboxylic acids is 1. The lowest BCUT2D eigenvalue weighted by Crippen LogP contribution is -2.40. The molecule has 5 nitrogen and oxygen atoms in total. The number of ether oxygens (including phenoxy) is 1. The molecular weight excluding hydrogens is 466 g/mol. The number of sulfone groups is 1. The molecule has 0 spiro atoms. The summed E-state index contributed by atoms with van der Waals surface area (Å²) in [6, 6.07) is 22.3. The summed E-state index contributed by atoms with van der Waals surface area (Å²) in [6.45, 7) is 6.30. The van der Waals surface area contributed by atoms with E-state index < -0.39 is 26.2 Å². The van der Waals surface area contributed by atoms with Crippen LogP contribution in [0.5, 0.6) is 0 Å². The summed E-state index contributed by atoms with van der Waals surface area (Å²) < 4.78 is 31.3. The van der Waals surface area contributed by atoms with Gasteiger partial charge < -0.3 is 10.1 Å². The van der Waals surface area contributed by atoms with Crippen LogP contribution in [0.4, 0.5) is 0 Å². The van der Waals surface area contributed by atoms with Crippen molar-refractivity contribution in [3.8, 4) is 21.6 Å². The fourth-order valence-corrected chi connectivity index (χ4v) is 7.90. The molecule has 0 bridgehead atoms. The summed E-state index contributed by atoms with van der Waals surface area (Å²) in [5.74, 6) is -0.491. The highest BCUT2D eigenvalue weighted by Crippen LogP contribution is 2.45. The van der Waals surface area contributed by atoms with E-state index in [1.807, 2.05) is 30.3 Å². The molecule has 0 aliphatic carbocycles. The van der Waals surface area contributed by atoms with Crippen molar-refractivity contribution < 1.29 is 17.9 Å². The third kappa shape index (κ3) is 5.27. The van der Waals surface area contributed by atoms with E-state index in [-0.39, 0.29) is 12.2 Å². The maximum atomic E-state index is 13.5. The van der Waals surface area contributed by atoms with E-state index in [1.54, 1.807) is 20.8 Å². The van der Waals surface area contributed by atoms with E-state index in [4.69, 9.17) is 4.74 Å². The molecule has 1 fully saturated rings. The average molecular weight is 498 g/mol. The molecule has 2 heterocycles. The molecule has 1 N–H and O–H groups in total. The Kier molecular flexibility index (Phi) is 6.99. The van der Waals surface area contributed by atoms with Crippen LogP contribution in [0.2, 0.25) is 0 Å². The molecule has 1 atom stereocenters. The van der Waals surface area contributed by atoms with Gasteiger partial charge >= 0.3 is 5.97 Å². The molecule has 0 amide bonds. The van der Waals surface area contributed by atoms with Gasteiger partial charge in [0.25, 0.3) is 0 Å². The molecule has 1 unspecified atom stereocenters. The van der Waals surface area contributed by atoms with Crippen LogP contribution < -0.4 is 5.32 Å². The second-order valence-corrected chi connectivity index (χ2v) is 13.2. The molecule has 0 saturated carbocycles. The molecule has 0 radical (unpaired) electrons. The molecule has 34 heavy (non-hydrogen) atoms. The van der Waals surface area contributed by atoms with E-state index >= 15 is 0 Å². The Morgan fingerprint density at radius 2 is 1.59 bits per heavy atom. The molecule has 1 aromatic heterocycles. The van der Waals surface area contributed by atoms with Crippen molar-refractivity contribution in [3.63, 3.8) is 0 Å². The zero-order valence-corrected chi connectivity index (χ0v) is 21.5. The first kappa shape index (κ1) is 24.6. The van der Waals surface area contributed by atoms with Gasteiger partial charge in [-0.2, -0.15) is 0 Å². The zero-order valence-electron chi connectivity index (χ0n) is 19.8. The Morgan fingerprint density at radius 3 is 2.26 bits per heavy atom. The Hall–Kier alpha value is -2.48. The Bertz CT molecular complexity index is 1240. The van der Waals surface area contributed by atoms with Crippen molar-refractivity contribution in [1.82, 2.24) is 5.32 Å². The lowest BCUT2D eigenvalue weighted by molar-refractivity contribution is -0.155. The van der Waals surface area contributed by atoms with E-state index in [9.17, 15) is 13.2 Å². The number of esters is 1. The predicted octanol–water partition coefficient (Wildman–Crippen LogP) is 5.42. The van der Waals surface area contributed by atoms with Crippen molar-refractivity contribution in [3.05, 3.63) is 71.6 Å². The lowest BCUT2D eigenvalue weighted by Gasteiger charge is -2.31. The number of hydrogen-bond acceptors (Lipinski definition) is 6.